The lowest BCUT2D eigenvalue weighted by Gasteiger charge is -2.07. The van der Waals surface area contributed by atoms with Gasteiger partial charge in [0, 0.05) is 40.8 Å². The molecule has 0 bridgehead atoms. The molecule has 0 saturated carbocycles. The van der Waals surface area contributed by atoms with Gasteiger partial charge in [-0.05, 0) is 24.3 Å². The highest BCUT2D eigenvalue weighted by Gasteiger charge is 2.13. The molecule has 5 nitrogen and oxygen atoms in total. The maximum atomic E-state index is 5.33. The number of hydrogen-bond donors (Lipinski definition) is 0. The molecule has 0 atom stereocenters. The molecular formula is C20H17BrN4O. The third kappa shape index (κ3) is 3.21. The lowest BCUT2D eigenvalue weighted by atomic mass is 10.1. The number of benzene rings is 2. The van der Waals surface area contributed by atoms with E-state index in [1.165, 1.54) is 0 Å². The van der Waals surface area contributed by atoms with E-state index < -0.39 is 0 Å². The summed E-state index contributed by atoms with van der Waals surface area (Å²) < 4.78 is 10.2. The van der Waals surface area contributed by atoms with Gasteiger partial charge in [0.05, 0.1) is 17.7 Å². The van der Waals surface area contributed by atoms with Gasteiger partial charge in [0.25, 0.3) is 0 Å². The minimum Gasteiger partial charge on any atom is -0.362 e. The van der Waals surface area contributed by atoms with Crippen molar-refractivity contribution in [2.45, 2.75) is 6.73 Å². The predicted octanol–water partition coefficient (Wildman–Crippen LogP) is 4.77. The fourth-order valence-corrected chi connectivity index (χ4v) is 3.37. The molecule has 0 aliphatic heterocycles. The first-order valence-corrected chi connectivity index (χ1v) is 8.96. The molecule has 2 aromatic heterocycles. The van der Waals surface area contributed by atoms with Crippen LogP contribution in [-0.4, -0.2) is 26.4 Å². The number of ether oxygens (including phenoxy) is 1. The van der Waals surface area contributed by atoms with Crippen molar-refractivity contribution >= 4 is 15.9 Å². The first-order chi connectivity index (χ1) is 12.8. The van der Waals surface area contributed by atoms with Gasteiger partial charge in [-0.2, -0.15) is 5.10 Å². The van der Waals surface area contributed by atoms with Crippen molar-refractivity contribution in [3.63, 3.8) is 0 Å². The Morgan fingerprint density at radius 3 is 2.58 bits per heavy atom. The first-order valence-electron chi connectivity index (χ1n) is 8.17. The van der Waals surface area contributed by atoms with Gasteiger partial charge < -0.3 is 9.30 Å². The minimum absolute atomic E-state index is 0.392. The van der Waals surface area contributed by atoms with Crippen LogP contribution in [0.3, 0.4) is 0 Å². The van der Waals surface area contributed by atoms with Gasteiger partial charge in [0.15, 0.2) is 0 Å². The van der Waals surface area contributed by atoms with Crippen molar-refractivity contribution in [3.05, 3.63) is 77.8 Å². The quantitative estimate of drug-likeness (QED) is 0.477. The molecule has 2 aromatic carbocycles. The van der Waals surface area contributed by atoms with Crippen LogP contribution in [0.4, 0.5) is 0 Å². The molecule has 4 rings (SSSR count). The highest BCUT2D eigenvalue weighted by Crippen LogP contribution is 2.31. The fraction of sp³-hybridized carbons (Fsp3) is 0.100. The van der Waals surface area contributed by atoms with Crippen molar-refractivity contribution in [2.75, 3.05) is 7.11 Å². The summed E-state index contributed by atoms with van der Waals surface area (Å²) >= 11 is 3.60. The van der Waals surface area contributed by atoms with Gasteiger partial charge in [0.1, 0.15) is 6.73 Å². The summed E-state index contributed by atoms with van der Waals surface area (Å²) in [6.45, 7) is 0.392. The molecule has 6 heteroatoms. The number of rotatable bonds is 5. The Kier molecular flexibility index (Phi) is 4.69. The minimum atomic E-state index is 0.392. The zero-order chi connectivity index (χ0) is 17.9. The molecule has 26 heavy (non-hydrogen) atoms. The lowest BCUT2D eigenvalue weighted by molar-refractivity contribution is 0.122. The predicted molar refractivity (Wildman–Crippen MR) is 105 cm³/mol. The fourth-order valence-electron chi connectivity index (χ4n) is 2.89. The standard InChI is InChI=1S/C20H17BrN4O/c1-26-14-25-20(12-19(23-25)17-4-2-3-5-18(17)21)15-6-8-16(9-7-15)24-11-10-22-13-24/h2-13H,14H2,1H3. The summed E-state index contributed by atoms with van der Waals surface area (Å²) in [6.07, 6.45) is 5.48. The molecule has 0 spiro atoms. The number of methoxy groups -OCH3 is 1. The highest BCUT2D eigenvalue weighted by molar-refractivity contribution is 9.10. The summed E-state index contributed by atoms with van der Waals surface area (Å²) in [6, 6.07) is 18.5. The van der Waals surface area contributed by atoms with Crippen molar-refractivity contribution in [1.82, 2.24) is 19.3 Å². The average molecular weight is 409 g/mol. The van der Waals surface area contributed by atoms with Crippen LogP contribution in [0.1, 0.15) is 0 Å². The Bertz CT molecular complexity index is 1010. The topological polar surface area (TPSA) is 44.9 Å². The van der Waals surface area contributed by atoms with E-state index in [4.69, 9.17) is 9.84 Å². The van der Waals surface area contributed by atoms with E-state index in [9.17, 15) is 0 Å². The second kappa shape index (κ2) is 7.27. The van der Waals surface area contributed by atoms with Crippen molar-refractivity contribution < 1.29 is 4.74 Å². The second-order valence-electron chi connectivity index (χ2n) is 5.83. The van der Waals surface area contributed by atoms with Crippen LogP contribution in [0.5, 0.6) is 0 Å². The third-order valence-electron chi connectivity index (χ3n) is 4.15. The van der Waals surface area contributed by atoms with E-state index in [0.717, 1.165) is 32.7 Å². The van der Waals surface area contributed by atoms with E-state index in [1.54, 1.807) is 19.6 Å². The second-order valence-corrected chi connectivity index (χ2v) is 6.68. The Hall–Kier alpha value is -2.70. The van der Waals surface area contributed by atoms with Crippen molar-refractivity contribution in [3.8, 4) is 28.2 Å². The summed E-state index contributed by atoms with van der Waals surface area (Å²) in [4.78, 5) is 4.09. The summed E-state index contributed by atoms with van der Waals surface area (Å²) in [5.74, 6) is 0. The molecule has 130 valence electrons. The summed E-state index contributed by atoms with van der Waals surface area (Å²) in [5.41, 5.74) is 5.11. The molecule has 0 aliphatic carbocycles. The van der Waals surface area contributed by atoms with Crippen LogP contribution < -0.4 is 0 Å². The molecule has 4 aromatic rings. The van der Waals surface area contributed by atoms with Crippen LogP contribution in [-0.2, 0) is 11.5 Å². The molecule has 0 aliphatic rings. The van der Waals surface area contributed by atoms with Gasteiger partial charge in [-0.25, -0.2) is 9.67 Å². The molecule has 0 radical (unpaired) electrons. The maximum Gasteiger partial charge on any atom is 0.139 e. The normalized spacial score (nSPS) is 11.0. The maximum absolute atomic E-state index is 5.33. The van der Waals surface area contributed by atoms with Gasteiger partial charge in [0.2, 0.25) is 0 Å². The van der Waals surface area contributed by atoms with Crippen LogP contribution >= 0.6 is 15.9 Å². The average Bonchev–Trinajstić information content (AvgIpc) is 3.33. The Morgan fingerprint density at radius 2 is 1.88 bits per heavy atom. The lowest BCUT2D eigenvalue weighted by Crippen LogP contribution is -2.04. The van der Waals surface area contributed by atoms with E-state index >= 15 is 0 Å². The summed E-state index contributed by atoms with van der Waals surface area (Å²) in [5, 5.41) is 4.73. The van der Waals surface area contributed by atoms with Gasteiger partial charge in [-0.15, -0.1) is 0 Å². The SMILES string of the molecule is COCn1nc(-c2ccccc2Br)cc1-c1ccc(-n2ccnc2)cc1. The zero-order valence-electron chi connectivity index (χ0n) is 14.2. The van der Waals surface area contributed by atoms with Gasteiger partial charge >= 0.3 is 0 Å². The number of hydrogen-bond acceptors (Lipinski definition) is 3. The molecule has 2 heterocycles. The largest absolute Gasteiger partial charge is 0.362 e. The molecule has 0 saturated heterocycles. The van der Waals surface area contributed by atoms with Crippen molar-refractivity contribution in [1.29, 1.82) is 0 Å². The monoisotopic (exact) mass is 408 g/mol. The van der Waals surface area contributed by atoms with E-state index in [1.807, 2.05) is 33.6 Å². The van der Waals surface area contributed by atoms with Crippen LogP contribution in [0, 0.1) is 0 Å². The van der Waals surface area contributed by atoms with Gasteiger partial charge in [-0.3, -0.25) is 0 Å². The third-order valence-corrected chi connectivity index (χ3v) is 4.84. The number of nitrogens with zero attached hydrogens (tertiary/aromatic N) is 4. The first kappa shape index (κ1) is 16.8. The molecule has 0 unspecified atom stereocenters. The Morgan fingerprint density at radius 1 is 1.08 bits per heavy atom. The Balaban J connectivity index is 1.74. The van der Waals surface area contributed by atoms with Crippen LogP contribution in [0.15, 0.2) is 77.8 Å². The Labute approximate surface area is 160 Å². The van der Waals surface area contributed by atoms with E-state index in [2.05, 4.69) is 57.3 Å². The summed E-state index contributed by atoms with van der Waals surface area (Å²) in [7, 11) is 1.67. The van der Waals surface area contributed by atoms with Crippen molar-refractivity contribution in [2.24, 2.45) is 0 Å². The number of imidazole rings is 1. The molecule has 0 N–H and O–H groups in total. The van der Waals surface area contributed by atoms with E-state index in [0.29, 0.717) is 6.73 Å². The highest BCUT2D eigenvalue weighted by atomic mass is 79.9. The smallest absolute Gasteiger partial charge is 0.139 e. The number of aromatic nitrogens is 4. The molecule has 0 fully saturated rings. The molecular weight excluding hydrogens is 392 g/mol. The van der Waals surface area contributed by atoms with E-state index in [-0.39, 0.29) is 0 Å². The zero-order valence-corrected chi connectivity index (χ0v) is 15.8. The molecule has 0 amide bonds. The van der Waals surface area contributed by atoms with Crippen LogP contribution in [0.25, 0.3) is 28.2 Å². The number of halogens is 1. The van der Waals surface area contributed by atoms with Crippen LogP contribution in [0.2, 0.25) is 0 Å². The van der Waals surface area contributed by atoms with Gasteiger partial charge in [-0.1, -0.05) is 46.3 Å².